The number of anilines is 2. The molecule has 0 spiro atoms. The van der Waals surface area contributed by atoms with Gasteiger partial charge in [0.2, 0.25) is 11.8 Å². The highest BCUT2D eigenvalue weighted by atomic mass is 32.2. The molecule has 0 radical (unpaired) electrons. The number of thioether (sulfide) groups is 1. The van der Waals surface area contributed by atoms with Crippen molar-refractivity contribution >= 4 is 51.7 Å². The van der Waals surface area contributed by atoms with Crippen molar-refractivity contribution in [1.29, 1.82) is 0 Å². The molecule has 0 saturated heterocycles. The zero-order valence-electron chi connectivity index (χ0n) is 20.9. The second-order valence-corrected chi connectivity index (χ2v) is 11.4. The Morgan fingerprint density at radius 3 is 2.50 bits per heavy atom. The number of nitrogens with zero attached hydrogens (tertiary/aromatic N) is 1. The quantitative estimate of drug-likeness (QED) is 0.245. The average molecular weight is 526 g/mol. The smallest absolute Gasteiger partial charge is 0.311 e. The van der Waals surface area contributed by atoms with E-state index in [-0.39, 0.29) is 29.6 Å². The molecule has 36 heavy (non-hydrogen) atoms. The van der Waals surface area contributed by atoms with Crippen LogP contribution in [0.4, 0.5) is 10.8 Å². The number of nitrogens with one attached hydrogen (secondary N) is 2. The Kier molecular flexibility index (Phi) is 9.66. The molecule has 1 atom stereocenters. The first kappa shape index (κ1) is 27.4. The molecule has 0 aliphatic rings. The molecule has 1 unspecified atom stereocenters. The lowest BCUT2D eigenvalue weighted by Gasteiger charge is -2.18. The Balaban J connectivity index is 1.74. The van der Waals surface area contributed by atoms with Crippen LogP contribution >= 0.6 is 23.1 Å². The minimum Gasteiger partial charge on any atom is -0.466 e. The van der Waals surface area contributed by atoms with Gasteiger partial charge in [0.15, 0.2) is 5.13 Å². The summed E-state index contributed by atoms with van der Waals surface area (Å²) in [5.74, 6) is -0.636. The number of rotatable bonds is 10. The van der Waals surface area contributed by atoms with Gasteiger partial charge in [0.25, 0.3) is 0 Å². The fraction of sp³-hybridized carbons (Fsp3) is 0.333. The maximum Gasteiger partial charge on any atom is 0.311 e. The third-order valence-electron chi connectivity index (χ3n) is 4.82. The third kappa shape index (κ3) is 8.80. The maximum absolute atomic E-state index is 13.3. The summed E-state index contributed by atoms with van der Waals surface area (Å²) >= 11 is 2.65. The molecule has 0 saturated carbocycles. The summed E-state index contributed by atoms with van der Waals surface area (Å²) in [6, 6.07) is 17.0. The molecule has 190 valence electrons. The van der Waals surface area contributed by atoms with Gasteiger partial charge in [0.05, 0.1) is 18.7 Å². The molecule has 9 heteroatoms. The molecule has 2 N–H and O–H groups in total. The first-order chi connectivity index (χ1) is 17.1. The Bertz CT molecular complexity index is 1190. The van der Waals surface area contributed by atoms with Crippen molar-refractivity contribution in [3.05, 3.63) is 71.2 Å². The fourth-order valence-electron chi connectivity index (χ4n) is 3.35. The molecule has 0 fully saturated rings. The van der Waals surface area contributed by atoms with Gasteiger partial charge in [-0.1, -0.05) is 57.2 Å². The molecule has 1 aromatic heterocycles. The van der Waals surface area contributed by atoms with Crippen LogP contribution in [0.5, 0.6) is 0 Å². The topological polar surface area (TPSA) is 97.4 Å². The van der Waals surface area contributed by atoms with Crippen molar-refractivity contribution in [2.24, 2.45) is 5.41 Å². The lowest BCUT2D eigenvalue weighted by Crippen LogP contribution is -2.20. The fourth-order valence-corrected chi connectivity index (χ4v) is 5.14. The van der Waals surface area contributed by atoms with Gasteiger partial charge in [-0.05, 0) is 36.1 Å². The van der Waals surface area contributed by atoms with Gasteiger partial charge in [-0.15, -0.1) is 23.1 Å². The van der Waals surface area contributed by atoms with Crippen molar-refractivity contribution in [3.63, 3.8) is 0 Å². The summed E-state index contributed by atoms with van der Waals surface area (Å²) in [5.41, 5.74) is 1.96. The average Bonchev–Trinajstić information content (AvgIpc) is 3.23. The highest BCUT2D eigenvalue weighted by molar-refractivity contribution is 8.00. The summed E-state index contributed by atoms with van der Waals surface area (Å²) < 4.78 is 4.96. The lowest BCUT2D eigenvalue weighted by molar-refractivity contribution is -0.142. The first-order valence-corrected chi connectivity index (χ1v) is 13.4. The van der Waals surface area contributed by atoms with Crippen LogP contribution in [-0.2, 0) is 25.5 Å². The van der Waals surface area contributed by atoms with Crippen LogP contribution in [-0.4, -0.2) is 29.4 Å². The minimum atomic E-state index is -0.552. The van der Waals surface area contributed by atoms with Crippen LogP contribution in [0, 0.1) is 5.41 Å². The van der Waals surface area contributed by atoms with E-state index in [4.69, 9.17) is 4.74 Å². The zero-order chi connectivity index (χ0) is 26.1. The summed E-state index contributed by atoms with van der Waals surface area (Å²) in [5, 5.41) is 7.44. The number of esters is 1. The predicted octanol–water partition coefficient (Wildman–Crippen LogP) is 6.10. The Morgan fingerprint density at radius 1 is 1.06 bits per heavy atom. The number of thiazole rings is 1. The van der Waals surface area contributed by atoms with Gasteiger partial charge in [-0.3, -0.25) is 14.4 Å². The molecule has 0 aliphatic carbocycles. The van der Waals surface area contributed by atoms with Crippen LogP contribution < -0.4 is 10.6 Å². The second kappa shape index (κ2) is 12.7. The Morgan fingerprint density at radius 2 is 1.81 bits per heavy atom. The summed E-state index contributed by atoms with van der Waals surface area (Å²) in [6.45, 7) is 8.12. The van der Waals surface area contributed by atoms with Crippen LogP contribution in [0.15, 0.2) is 64.9 Å². The first-order valence-electron chi connectivity index (χ1n) is 11.7. The van der Waals surface area contributed by atoms with Gasteiger partial charge < -0.3 is 15.4 Å². The van der Waals surface area contributed by atoms with E-state index in [0.29, 0.717) is 29.5 Å². The van der Waals surface area contributed by atoms with E-state index in [9.17, 15) is 14.4 Å². The normalized spacial score (nSPS) is 12.0. The number of hydrogen-bond acceptors (Lipinski definition) is 7. The number of benzene rings is 2. The molecule has 0 bridgehead atoms. The second-order valence-electron chi connectivity index (χ2n) is 9.34. The standard InChI is InChI=1S/C27H31N3O4S2/c1-5-34-23(32)15-20-17-35-26(29-20)30-25(33)24(18-10-7-6-8-11-18)36-21-13-9-12-19(14-21)28-22(31)16-27(2,3)4/h6-14,17,24H,5,15-16H2,1-4H3,(H,28,31)(H,29,30,33). The van der Waals surface area contributed by atoms with Gasteiger partial charge in [-0.25, -0.2) is 4.98 Å². The number of ether oxygens (including phenoxy) is 1. The van der Waals surface area contributed by atoms with E-state index in [2.05, 4.69) is 15.6 Å². The molecular formula is C27H31N3O4S2. The van der Waals surface area contributed by atoms with Crippen molar-refractivity contribution in [3.8, 4) is 0 Å². The van der Waals surface area contributed by atoms with E-state index >= 15 is 0 Å². The number of aromatic nitrogens is 1. The van der Waals surface area contributed by atoms with Crippen LogP contribution in [0.25, 0.3) is 0 Å². The number of amides is 2. The van der Waals surface area contributed by atoms with Crippen molar-refractivity contribution in [2.75, 3.05) is 17.2 Å². The number of carbonyl (C=O) groups excluding carboxylic acids is 3. The molecular weight excluding hydrogens is 494 g/mol. The summed E-state index contributed by atoms with van der Waals surface area (Å²) in [4.78, 5) is 42.7. The van der Waals surface area contributed by atoms with Crippen LogP contribution in [0.2, 0.25) is 0 Å². The SMILES string of the molecule is CCOC(=O)Cc1csc(NC(=O)C(Sc2cccc(NC(=O)CC(C)(C)C)c2)c2ccccc2)n1. The monoisotopic (exact) mass is 525 g/mol. The van der Waals surface area contributed by atoms with Crippen LogP contribution in [0.1, 0.15) is 50.6 Å². The van der Waals surface area contributed by atoms with E-state index in [0.717, 1.165) is 10.5 Å². The zero-order valence-corrected chi connectivity index (χ0v) is 22.5. The van der Waals surface area contributed by atoms with Crippen LogP contribution in [0.3, 0.4) is 0 Å². The van der Waals surface area contributed by atoms with Gasteiger partial charge >= 0.3 is 5.97 Å². The summed E-state index contributed by atoms with van der Waals surface area (Å²) in [6.07, 6.45) is 0.468. The highest BCUT2D eigenvalue weighted by Gasteiger charge is 2.24. The predicted molar refractivity (Wildman–Crippen MR) is 145 cm³/mol. The molecule has 7 nitrogen and oxygen atoms in total. The Hall–Kier alpha value is -3.17. The molecule has 3 aromatic rings. The van der Waals surface area contributed by atoms with E-state index in [1.165, 1.54) is 23.1 Å². The molecule has 3 rings (SSSR count). The summed E-state index contributed by atoms with van der Waals surface area (Å²) in [7, 11) is 0. The van der Waals surface area contributed by atoms with Gasteiger partial charge in [0.1, 0.15) is 5.25 Å². The van der Waals surface area contributed by atoms with Gasteiger partial charge in [-0.2, -0.15) is 0 Å². The maximum atomic E-state index is 13.3. The van der Waals surface area contributed by atoms with Crippen molar-refractivity contribution in [1.82, 2.24) is 4.98 Å². The van der Waals surface area contributed by atoms with E-state index in [1.807, 2.05) is 75.4 Å². The van der Waals surface area contributed by atoms with Crippen molar-refractivity contribution in [2.45, 2.75) is 50.7 Å². The van der Waals surface area contributed by atoms with E-state index in [1.54, 1.807) is 12.3 Å². The van der Waals surface area contributed by atoms with Crippen molar-refractivity contribution < 1.29 is 19.1 Å². The largest absolute Gasteiger partial charge is 0.466 e. The minimum absolute atomic E-state index is 0.0515. The Labute approximate surface area is 220 Å². The molecule has 2 aromatic carbocycles. The highest BCUT2D eigenvalue weighted by Crippen LogP contribution is 2.37. The number of hydrogen-bond donors (Lipinski definition) is 2. The lowest BCUT2D eigenvalue weighted by atomic mass is 9.92. The third-order valence-corrected chi connectivity index (χ3v) is 6.87. The molecule has 0 aliphatic heterocycles. The molecule has 1 heterocycles. The van der Waals surface area contributed by atoms with E-state index < -0.39 is 5.25 Å². The molecule has 2 amide bonds. The van der Waals surface area contributed by atoms with Gasteiger partial charge in [0, 0.05) is 22.4 Å². The number of carbonyl (C=O) groups is 3.